The molecule has 2 atom stereocenters. The second-order valence-corrected chi connectivity index (χ2v) is 4.15. The molecule has 0 spiro atoms. The summed E-state index contributed by atoms with van der Waals surface area (Å²) in [5.41, 5.74) is 6.20. The van der Waals surface area contributed by atoms with E-state index in [1.54, 1.807) is 12.1 Å². The van der Waals surface area contributed by atoms with Crippen molar-refractivity contribution in [1.82, 2.24) is 0 Å². The van der Waals surface area contributed by atoms with Crippen LogP contribution in [0, 0.1) is 0 Å². The first-order valence-corrected chi connectivity index (χ1v) is 5.04. The molecule has 1 nitrogen and oxygen atoms in total. The van der Waals surface area contributed by atoms with E-state index in [2.05, 4.69) is 15.9 Å². The molecule has 0 heterocycles. The minimum Gasteiger partial charge on any atom is -0.328 e. The predicted molar refractivity (Wildman–Crippen MR) is 56.3 cm³/mol. The number of nitrogens with two attached hydrogens (primary N) is 1. The van der Waals surface area contributed by atoms with Crippen molar-refractivity contribution in [2.75, 3.05) is 0 Å². The van der Waals surface area contributed by atoms with Gasteiger partial charge in [0.2, 0.25) is 0 Å². The summed E-state index contributed by atoms with van der Waals surface area (Å²) in [4.78, 5) is 0. The lowest BCUT2D eigenvalue weighted by atomic mass is 10.0. The Balaban J connectivity index is 2.71. The third kappa shape index (κ3) is 3.44. The number of hydrogen-bond donors (Lipinski definition) is 1. The quantitative estimate of drug-likeness (QED) is 0.870. The van der Waals surface area contributed by atoms with E-state index in [4.69, 9.17) is 5.73 Å². The number of benzene rings is 1. The van der Waals surface area contributed by atoms with E-state index in [-0.39, 0.29) is 6.04 Å². The van der Waals surface area contributed by atoms with Crippen molar-refractivity contribution in [3.8, 4) is 0 Å². The Morgan fingerprint density at radius 2 is 2.23 bits per heavy atom. The van der Waals surface area contributed by atoms with E-state index in [1.807, 2.05) is 19.1 Å². The molecule has 0 aromatic heterocycles. The van der Waals surface area contributed by atoms with E-state index in [1.165, 1.54) is 0 Å². The summed E-state index contributed by atoms with van der Waals surface area (Å²) in [6, 6.07) is 7.16. The monoisotopic (exact) mass is 245 g/mol. The van der Waals surface area contributed by atoms with Crippen molar-refractivity contribution in [2.24, 2.45) is 5.73 Å². The van der Waals surface area contributed by atoms with Gasteiger partial charge in [-0.15, -0.1) is 0 Å². The van der Waals surface area contributed by atoms with Gasteiger partial charge in [0.25, 0.3) is 0 Å². The molecule has 0 saturated heterocycles. The van der Waals surface area contributed by atoms with Crippen molar-refractivity contribution in [2.45, 2.75) is 25.6 Å². The van der Waals surface area contributed by atoms with Crippen LogP contribution in [0.25, 0.3) is 0 Å². The van der Waals surface area contributed by atoms with E-state index in [9.17, 15) is 4.39 Å². The maximum Gasteiger partial charge on any atom is 0.127 e. The average Bonchev–Trinajstić information content (AvgIpc) is 2.03. The van der Waals surface area contributed by atoms with Gasteiger partial charge < -0.3 is 5.73 Å². The van der Waals surface area contributed by atoms with Crippen LogP contribution in [0.1, 0.15) is 25.1 Å². The Kier molecular flexibility index (Phi) is 3.88. The Hall–Kier alpha value is -0.410. The third-order valence-electron chi connectivity index (χ3n) is 1.79. The van der Waals surface area contributed by atoms with Gasteiger partial charge in [-0.2, -0.15) is 0 Å². The molecule has 0 aliphatic carbocycles. The molecule has 0 amide bonds. The Bertz CT molecular complexity index is 275. The van der Waals surface area contributed by atoms with Gasteiger partial charge >= 0.3 is 0 Å². The van der Waals surface area contributed by atoms with Gasteiger partial charge in [-0.3, -0.25) is 0 Å². The molecule has 13 heavy (non-hydrogen) atoms. The molecule has 1 aromatic carbocycles. The first-order chi connectivity index (χ1) is 6.09. The summed E-state index contributed by atoms with van der Waals surface area (Å²) in [6.45, 7) is 1.81. The molecule has 3 heteroatoms. The molecule has 1 rings (SSSR count). The van der Waals surface area contributed by atoms with Crippen LogP contribution >= 0.6 is 15.9 Å². The average molecular weight is 246 g/mol. The van der Waals surface area contributed by atoms with Crippen LogP contribution in [-0.4, -0.2) is 6.04 Å². The Morgan fingerprint density at radius 3 is 2.77 bits per heavy atom. The number of alkyl halides is 1. The summed E-state index contributed by atoms with van der Waals surface area (Å²) >= 11 is 3.30. The highest BCUT2D eigenvalue weighted by Gasteiger charge is 2.11. The Labute approximate surface area is 86.3 Å². The number of halogens is 2. The van der Waals surface area contributed by atoms with E-state index < -0.39 is 6.17 Å². The fourth-order valence-corrected chi connectivity index (χ4v) is 1.58. The molecule has 0 saturated carbocycles. The predicted octanol–water partition coefficient (Wildman–Crippen LogP) is 3.20. The summed E-state index contributed by atoms with van der Waals surface area (Å²) in [5, 5.41) is 0. The topological polar surface area (TPSA) is 26.0 Å². The fourth-order valence-electron chi connectivity index (χ4n) is 1.16. The number of hydrogen-bond acceptors (Lipinski definition) is 1. The van der Waals surface area contributed by atoms with Gasteiger partial charge in [-0.1, -0.05) is 28.1 Å². The van der Waals surface area contributed by atoms with Crippen LogP contribution in [0.3, 0.4) is 0 Å². The molecule has 72 valence electrons. The Morgan fingerprint density at radius 1 is 1.54 bits per heavy atom. The minimum absolute atomic E-state index is 0.103. The van der Waals surface area contributed by atoms with Gasteiger partial charge in [0, 0.05) is 10.5 Å². The second-order valence-electron chi connectivity index (χ2n) is 3.24. The lowest BCUT2D eigenvalue weighted by molar-refractivity contribution is 0.307. The first-order valence-electron chi connectivity index (χ1n) is 4.24. The molecule has 0 radical (unpaired) electrons. The van der Waals surface area contributed by atoms with Crippen LogP contribution in [0.2, 0.25) is 0 Å². The highest BCUT2D eigenvalue weighted by atomic mass is 79.9. The minimum atomic E-state index is -0.961. The van der Waals surface area contributed by atoms with Crippen LogP contribution in [0.4, 0.5) is 4.39 Å². The fraction of sp³-hybridized carbons (Fsp3) is 0.400. The molecule has 0 aliphatic rings. The zero-order valence-corrected chi connectivity index (χ0v) is 9.09. The lowest BCUT2D eigenvalue weighted by Gasteiger charge is -2.11. The van der Waals surface area contributed by atoms with Crippen molar-refractivity contribution in [1.29, 1.82) is 0 Å². The van der Waals surface area contributed by atoms with Gasteiger partial charge in [-0.05, 0) is 31.0 Å². The molecule has 2 unspecified atom stereocenters. The third-order valence-corrected chi connectivity index (χ3v) is 2.28. The van der Waals surface area contributed by atoms with Crippen LogP contribution < -0.4 is 5.73 Å². The highest BCUT2D eigenvalue weighted by molar-refractivity contribution is 9.10. The summed E-state index contributed by atoms with van der Waals surface area (Å²) in [6.07, 6.45) is -0.589. The van der Waals surface area contributed by atoms with Crippen molar-refractivity contribution >= 4 is 15.9 Å². The highest BCUT2D eigenvalue weighted by Crippen LogP contribution is 2.24. The largest absolute Gasteiger partial charge is 0.328 e. The second kappa shape index (κ2) is 4.72. The zero-order valence-electron chi connectivity index (χ0n) is 7.50. The maximum atomic E-state index is 13.5. The molecule has 0 aliphatic heterocycles. The van der Waals surface area contributed by atoms with Gasteiger partial charge in [0.05, 0.1) is 0 Å². The van der Waals surface area contributed by atoms with Gasteiger partial charge in [-0.25, -0.2) is 4.39 Å². The molecule has 0 fully saturated rings. The molecule has 2 N–H and O–H groups in total. The lowest BCUT2D eigenvalue weighted by Crippen LogP contribution is -2.16. The van der Waals surface area contributed by atoms with Crippen molar-refractivity contribution < 1.29 is 4.39 Å². The normalized spacial score (nSPS) is 15.4. The maximum absolute atomic E-state index is 13.5. The summed E-state index contributed by atoms with van der Waals surface area (Å²) in [5.74, 6) is 0. The smallest absolute Gasteiger partial charge is 0.127 e. The first kappa shape index (κ1) is 10.7. The van der Waals surface area contributed by atoms with Gasteiger partial charge in [0.1, 0.15) is 6.17 Å². The van der Waals surface area contributed by atoms with Crippen LogP contribution in [-0.2, 0) is 0 Å². The summed E-state index contributed by atoms with van der Waals surface area (Å²) < 4.78 is 14.4. The molecule has 0 bridgehead atoms. The molecular weight excluding hydrogens is 233 g/mol. The van der Waals surface area contributed by atoms with Crippen LogP contribution in [0.15, 0.2) is 28.7 Å². The summed E-state index contributed by atoms with van der Waals surface area (Å²) in [7, 11) is 0. The van der Waals surface area contributed by atoms with E-state index in [0.29, 0.717) is 12.0 Å². The van der Waals surface area contributed by atoms with E-state index >= 15 is 0 Å². The zero-order chi connectivity index (χ0) is 9.84. The standard InChI is InChI=1S/C10H13BrFN/c1-7(13)5-10(12)8-3-2-4-9(11)6-8/h2-4,6-7,10H,5,13H2,1H3. The van der Waals surface area contributed by atoms with Crippen molar-refractivity contribution in [3.63, 3.8) is 0 Å². The SMILES string of the molecule is CC(N)CC(F)c1cccc(Br)c1. The molecule has 1 aromatic rings. The molecular formula is C10H13BrFN. The number of rotatable bonds is 3. The van der Waals surface area contributed by atoms with Gasteiger partial charge in [0.15, 0.2) is 0 Å². The van der Waals surface area contributed by atoms with E-state index in [0.717, 1.165) is 4.47 Å². The van der Waals surface area contributed by atoms with Crippen LogP contribution in [0.5, 0.6) is 0 Å². The van der Waals surface area contributed by atoms with Crippen molar-refractivity contribution in [3.05, 3.63) is 34.3 Å².